The molecule has 0 unspecified atom stereocenters. The Labute approximate surface area is 158 Å². The Balaban J connectivity index is 2.01. The molecule has 0 bridgehead atoms. The fourth-order valence-electron chi connectivity index (χ4n) is 3.02. The van der Waals surface area contributed by atoms with E-state index in [2.05, 4.69) is 10.3 Å². The van der Waals surface area contributed by atoms with E-state index in [9.17, 15) is 9.59 Å². The van der Waals surface area contributed by atoms with Crippen molar-refractivity contribution in [2.45, 2.75) is 12.0 Å². The molecule has 1 atom stereocenters. The number of carbonyl (C=O) groups excluding carboxylic acids is 2. The highest BCUT2D eigenvalue weighted by Crippen LogP contribution is 2.29. The maximum Gasteiger partial charge on any atom is 0.329 e. The third-order valence-corrected chi connectivity index (χ3v) is 4.29. The molecule has 3 rings (SSSR count). The van der Waals surface area contributed by atoms with Crippen LogP contribution in [-0.4, -0.2) is 30.0 Å². The van der Waals surface area contributed by atoms with Crippen molar-refractivity contribution in [3.63, 3.8) is 0 Å². The molecule has 136 valence electrons. The average Bonchev–Trinajstić information content (AvgIpc) is 2.74. The van der Waals surface area contributed by atoms with Crippen LogP contribution in [0.3, 0.4) is 0 Å². The zero-order valence-electron chi connectivity index (χ0n) is 14.9. The van der Waals surface area contributed by atoms with Crippen LogP contribution in [0.4, 0.5) is 0 Å². The van der Waals surface area contributed by atoms with Gasteiger partial charge in [0, 0.05) is 12.1 Å². The van der Waals surface area contributed by atoms with E-state index in [1.807, 2.05) is 60.7 Å². The lowest BCUT2D eigenvalue weighted by molar-refractivity contribution is -0.143. The minimum Gasteiger partial charge on any atom is -0.467 e. The van der Waals surface area contributed by atoms with Gasteiger partial charge < -0.3 is 10.1 Å². The molecule has 0 fully saturated rings. The summed E-state index contributed by atoms with van der Waals surface area (Å²) in [6.07, 6.45) is 1.54. The molecular formula is C22H20N2O3. The van der Waals surface area contributed by atoms with Crippen molar-refractivity contribution in [1.82, 2.24) is 10.3 Å². The molecule has 27 heavy (non-hydrogen) atoms. The molecule has 2 aromatic carbocycles. The van der Waals surface area contributed by atoms with Gasteiger partial charge in [-0.15, -0.1) is 0 Å². The molecule has 0 saturated carbocycles. The smallest absolute Gasteiger partial charge is 0.329 e. The number of nitrogens with one attached hydrogen (secondary N) is 1. The van der Waals surface area contributed by atoms with Crippen LogP contribution in [0.25, 0.3) is 0 Å². The first-order valence-electron chi connectivity index (χ1n) is 8.60. The third-order valence-electron chi connectivity index (χ3n) is 4.29. The highest BCUT2D eigenvalue weighted by atomic mass is 16.5. The second-order valence-corrected chi connectivity index (χ2v) is 5.99. The minimum absolute atomic E-state index is 0.242. The number of esters is 1. The molecule has 0 aliphatic carbocycles. The van der Waals surface area contributed by atoms with Gasteiger partial charge in [-0.25, -0.2) is 4.79 Å². The number of hydrogen-bond donors (Lipinski definition) is 1. The molecule has 5 heteroatoms. The summed E-state index contributed by atoms with van der Waals surface area (Å²) in [6, 6.07) is 23.3. The first kappa shape index (κ1) is 18.3. The first-order valence-corrected chi connectivity index (χ1v) is 8.60. The van der Waals surface area contributed by atoms with Gasteiger partial charge in [-0.05, 0) is 23.3 Å². The summed E-state index contributed by atoms with van der Waals surface area (Å²) in [5.74, 6) is -1.34. The van der Waals surface area contributed by atoms with Crippen molar-refractivity contribution in [3.8, 4) is 0 Å². The standard InChI is InChI=1S/C22H20N2O3/c1-27-22(26)20(24-21(25)18-14-8-9-15-23-18)19(16-10-4-2-5-11-16)17-12-6-3-7-13-17/h2-15,19-20H,1H3,(H,24,25)/t20-/m0/s1. The summed E-state index contributed by atoms with van der Waals surface area (Å²) in [5, 5.41) is 2.81. The SMILES string of the molecule is COC(=O)[C@@H](NC(=O)c1ccccn1)C(c1ccccc1)c1ccccc1. The molecule has 0 aliphatic heterocycles. The van der Waals surface area contributed by atoms with Gasteiger partial charge in [-0.3, -0.25) is 9.78 Å². The number of methoxy groups -OCH3 is 1. The third kappa shape index (κ3) is 4.39. The number of rotatable bonds is 6. The summed E-state index contributed by atoms with van der Waals surface area (Å²) in [6.45, 7) is 0. The monoisotopic (exact) mass is 360 g/mol. The highest BCUT2D eigenvalue weighted by Gasteiger charge is 2.33. The largest absolute Gasteiger partial charge is 0.467 e. The lowest BCUT2D eigenvalue weighted by atomic mass is 9.85. The number of aromatic nitrogens is 1. The van der Waals surface area contributed by atoms with Crippen LogP contribution in [0.1, 0.15) is 27.5 Å². The quantitative estimate of drug-likeness (QED) is 0.686. The van der Waals surface area contributed by atoms with Crippen molar-refractivity contribution >= 4 is 11.9 Å². The van der Waals surface area contributed by atoms with Crippen LogP contribution in [0, 0.1) is 0 Å². The Kier molecular flexibility index (Phi) is 5.94. The van der Waals surface area contributed by atoms with Gasteiger partial charge in [-0.1, -0.05) is 66.7 Å². The number of hydrogen-bond acceptors (Lipinski definition) is 4. The maximum atomic E-state index is 12.7. The molecule has 0 spiro atoms. The van der Waals surface area contributed by atoms with E-state index in [0.717, 1.165) is 11.1 Å². The van der Waals surface area contributed by atoms with Crippen LogP contribution < -0.4 is 5.32 Å². The Morgan fingerprint density at radius 1 is 0.852 bits per heavy atom. The lowest BCUT2D eigenvalue weighted by Gasteiger charge is -2.27. The summed E-state index contributed by atoms with van der Waals surface area (Å²) in [5.41, 5.74) is 2.05. The van der Waals surface area contributed by atoms with Gasteiger partial charge in [-0.2, -0.15) is 0 Å². The maximum absolute atomic E-state index is 12.7. The van der Waals surface area contributed by atoms with Gasteiger partial charge in [0.25, 0.3) is 5.91 Å². The number of carbonyl (C=O) groups is 2. The Bertz CT molecular complexity index is 844. The van der Waals surface area contributed by atoms with Gasteiger partial charge >= 0.3 is 5.97 Å². The number of benzene rings is 2. The van der Waals surface area contributed by atoms with Gasteiger partial charge in [0.05, 0.1) is 7.11 Å². The molecule has 3 aromatic rings. The van der Waals surface area contributed by atoms with Crippen LogP contribution in [0.2, 0.25) is 0 Å². The molecule has 1 N–H and O–H groups in total. The van der Waals surface area contributed by atoms with E-state index >= 15 is 0 Å². The summed E-state index contributed by atoms with van der Waals surface area (Å²) < 4.78 is 5.00. The topological polar surface area (TPSA) is 68.3 Å². The van der Waals surface area contributed by atoms with Gasteiger partial charge in [0.1, 0.15) is 11.7 Å². The van der Waals surface area contributed by atoms with E-state index in [1.54, 1.807) is 18.2 Å². The summed E-state index contributed by atoms with van der Waals surface area (Å²) in [7, 11) is 1.31. The Morgan fingerprint density at radius 3 is 1.89 bits per heavy atom. The van der Waals surface area contributed by atoms with Gasteiger partial charge in [0.2, 0.25) is 0 Å². The minimum atomic E-state index is -0.894. The predicted molar refractivity (Wildman–Crippen MR) is 102 cm³/mol. The number of amides is 1. The molecular weight excluding hydrogens is 340 g/mol. The highest BCUT2D eigenvalue weighted by molar-refractivity contribution is 5.95. The van der Waals surface area contributed by atoms with Crippen molar-refractivity contribution in [1.29, 1.82) is 0 Å². The first-order chi connectivity index (χ1) is 13.2. The number of ether oxygens (including phenoxy) is 1. The molecule has 0 radical (unpaired) electrons. The fraction of sp³-hybridized carbons (Fsp3) is 0.136. The zero-order chi connectivity index (χ0) is 19.1. The van der Waals surface area contributed by atoms with E-state index < -0.39 is 23.8 Å². The van der Waals surface area contributed by atoms with Crippen molar-refractivity contribution < 1.29 is 14.3 Å². The molecule has 0 saturated heterocycles. The lowest BCUT2D eigenvalue weighted by Crippen LogP contribution is -2.46. The summed E-state index contributed by atoms with van der Waals surface area (Å²) >= 11 is 0. The molecule has 0 aliphatic rings. The van der Waals surface area contributed by atoms with Crippen molar-refractivity contribution in [2.24, 2.45) is 0 Å². The van der Waals surface area contributed by atoms with Crippen molar-refractivity contribution in [2.75, 3.05) is 7.11 Å². The van der Waals surface area contributed by atoms with Gasteiger partial charge in [0.15, 0.2) is 0 Å². The molecule has 1 aromatic heterocycles. The second kappa shape index (κ2) is 8.76. The Hall–Kier alpha value is -3.47. The number of nitrogens with zero attached hydrogens (tertiary/aromatic N) is 1. The van der Waals surface area contributed by atoms with Crippen LogP contribution in [0.5, 0.6) is 0 Å². The molecule has 5 nitrogen and oxygen atoms in total. The zero-order valence-corrected chi connectivity index (χ0v) is 14.9. The van der Waals surface area contributed by atoms with E-state index in [4.69, 9.17) is 4.74 Å². The van der Waals surface area contributed by atoms with E-state index in [0.29, 0.717) is 0 Å². The second-order valence-electron chi connectivity index (χ2n) is 5.99. The summed E-state index contributed by atoms with van der Waals surface area (Å²) in [4.78, 5) is 29.3. The van der Waals surface area contributed by atoms with Crippen LogP contribution >= 0.6 is 0 Å². The van der Waals surface area contributed by atoms with E-state index in [-0.39, 0.29) is 5.69 Å². The predicted octanol–water partition coefficient (Wildman–Crippen LogP) is 3.19. The number of pyridine rings is 1. The molecule has 1 amide bonds. The van der Waals surface area contributed by atoms with E-state index in [1.165, 1.54) is 13.3 Å². The fourth-order valence-corrected chi connectivity index (χ4v) is 3.02. The van der Waals surface area contributed by atoms with Crippen LogP contribution in [-0.2, 0) is 9.53 Å². The molecule has 1 heterocycles. The Morgan fingerprint density at radius 2 is 1.41 bits per heavy atom. The average molecular weight is 360 g/mol. The normalized spacial score (nSPS) is 11.6. The van der Waals surface area contributed by atoms with Crippen LogP contribution in [0.15, 0.2) is 85.1 Å². The van der Waals surface area contributed by atoms with Crippen molar-refractivity contribution in [3.05, 3.63) is 102 Å².